The summed E-state index contributed by atoms with van der Waals surface area (Å²) in [6.07, 6.45) is 4.82. The molecule has 0 unspecified atom stereocenters. The van der Waals surface area contributed by atoms with Crippen molar-refractivity contribution >= 4 is 51.6 Å². The molecule has 0 spiro atoms. The van der Waals surface area contributed by atoms with Gasteiger partial charge in [-0.2, -0.15) is 0 Å². The molecule has 0 amide bonds. The number of halogens is 3. The molecule has 3 nitrogen and oxygen atoms in total. The molecule has 0 saturated heterocycles. The van der Waals surface area contributed by atoms with Crippen LogP contribution in [0.25, 0.3) is 11.4 Å². The summed E-state index contributed by atoms with van der Waals surface area (Å²) in [6.45, 7) is 0. The minimum atomic E-state index is 0.471. The quantitative estimate of drug-likeness (QED) is 0.654. The van der Waals surface area contributed by atoms with Gasteiger partial charge in [-0.05, 0) is 53.6 Å². The van der Waals surface area contributed by atoms with Crippen molar-refractivity contribution in [2.45, 2.75) is 31.6 Å². The van der Waals surface area contributed by atoms with Gasteiger partial charge < -0.3 is 5.73 Å². The highest BCUT2D eigenvalue weighted by molar-refractivity contribution is 14.1. The lowest BCUT2D eigenvalue weighted by Gasteiger charge is -2.14. The van der Waals surface area contributed by atoms with E-state index in [0.29, 0.717) is 27.6 Å². The number of nitrogens with zero attached hydrogens (tertiary/aromatic N) is 2. The minimum absolute atomic E-state index is 0.471. The first-order valence-electron chi connectivity index (χ1n) is 6.84. The fourth-order valence-corrected chi connectivity index (χ4v) is 3.80. The van der Waals surface area contributed by atoms with Gasteiger partial charge in [-0.15, -0.1) is 0 Å². The van der Waals surface area contributed by atoms with E-state index in [-0.39, 0.29) is 0 Å². The van der Waals surface area contributed by atoms with Crippen LogP contribution < -0.4 is 5.73 Å². The van der Waals surface area contributed by atoms with E-state index in [9.17, 15) is 0 Å². The summed E-state index contributed by atoms with van der Waals surface area (Å²) >= 11 is 14.5. The summed E-state index contributed by atoms with van der Waals surface area (Å²) in [5, 5.41) is 1.19. The second kappa shape index (κ2) is 6.26. The maximum absolute atomic E-state index is 6.25. The van der Waals surface area contributed by atoms with E-state index in [1.54, 1.807) is 18.2 Å². The predicted molar refractivity (Wildman–Crippen MR) is 95.8 cm³/mol. The summed E-state index contributed by atoms with van der Waals surface area (Å²) in [5.74, 6) is 1.54. The monoisotopic (exact) mass is 433 g/mol. The van der Waals surface area contributed by atoms with Crippen molar-refractivity contribution in [1.29, 1.82) is 0 Å². The second-order valence-electron chi connectivity index (χ2n) is 5.24. The Morgan fingerprint density at radius 2 is 1.86 bits per heavy atom. The smallest absolute Gasteiger partial charge is 0.163 e. The fourth-order valence-electron chi connectivity index (χ4n) is 2.74. The average Bonchev–Trinajstić information content (AvgIpc) is 2.98. The number of rotatable bonds is 2. The van der Waals surface area contributed by atoms with E-state index >= 15 is 0 Å². The van der Waals surface area contributed by atoms with Gasteiger partial charge in [0.2, 0.25) is 0 Å². The Bertz CT molecular complexity index is 685. The van der Waals surface area contributed by atoms with Crippen LogP contribution in [0.4, 0.5) is 5.82 Å². The Labute approximate surface area is 147 Å². The summed E-state index contributed by atoms with van der Waals surface area (Å²) in [7, 11) is 0. The molecule has 0 atom stereocenters. The lowest BCUT2D eigenvalue weighted by molar-refractivity contribution is 0.691. The van der Waals surface area contributed by atoms with Crippen LogP contribution in [-0.2, 0) is 0 Å². The van der Waals surface area contributed by atoms with Gasteiger partial charge in [0.25, 0.3) is 0 Å². The van der Waals surface area contributed by atoms with Crippen molar-refractivity contribution in [3.8, 4) is 11.4 Å². The van der Waals surface area contributed by atoms with Gasteiger partial charge in [0, 0.05) is 16.5 Å². The van der Waals surface area contributed by atoms with Gasteiger partial charge in [0.05, 0.1) is 14.3 Å². The first-order valence-corrected chi connectivity index (χ1v) is 8.68. The number of nitrogens with two attached hydrogens (primary N) is 1. The van der Waals surface area contributed by atoms with E-state index in [2.05, 4.69) is 27.6 Å². The fraction of sp³-hybridized carbons (Fsp3) is 0.333. The predicted octanol–water partition coefficient (Wildman–Crippen LogP) is 5.29. The van der Waals surface area contributed by atoms with Crippen LogP contribution in [0.5, 0.6) is 0 Å². The molecule has 0 bridgehead atoms. The van der Waals surface area contributed by atoms with Crippen LogP contribution in [0.1, 0.15) is 37.3 Å². The molecule has 6 heteroatoms. The number of aromatic nitrogens is 2. The molecule has 1 heterocycles. The Kier molecular flexibility index (Phi) is 4.57. The maximum atomic E-state index is 6.25. The summed E-state index contributed by atoms with van der Waals surface area (Å²) in [6, 6.07) is 5.29. The van der Waals surface area contributed by atoms with E-state index in [4.69, 9.17) is 33.9 Å². The van der Waals surface area contributed by atoms with Gasteiger partial charge in [-0.1, -0.05) is 36.0 Å². The molecule has 1 aromatic heterocycles. The molecular weight excluding hydrogens is 420 g/mol. The Morgan fingerprint density at radius 3 is 2.57 bits per heavy atom. The molecule has 1 fully saturated rings. The van der Waals surface area contributed by atoms with Crippen molar-refractivity contribution in [3.63, 3.8) is 0 Å². The molecule has 3 rings (SSSR count). The van der Waals surface area contributed by atoms with Gasteiger partial charge in [0.1, 0.15) is 5.82 Å². The zero-order chi connectivity index (χ0) is 15.0. The minimum Gasteiger partial charge on any atom is -0.383 e. The molecule has 1 aliphatic carbocycles. The highest BCUT2D eigenvalue weighted by Gasteiger charge is 2.24. The Morgan fingerprint density at radius 1 is 1.14 bits per heavy atom. The zero-order valence-corrected chi connectivity index (χ0v) is 14.9. The third-order valence-corrected chi connectivity index (χ3v) is 5.48. The standard InChI is InChI=1S/C15H14Cl2IN3/c16-9-5-6-11(17)10(7-9)15-20-13(8-3-1-2-4-8)12(18)14(19)21-15/h5-8H,1-4H2,(H2,19,20,21). The number of hydrogen-bond acceptors (Lipinski definition) is 3. The molecular formula is C15H14Cl2IN3. The highest BCUT2D eigenvalue weighted by atomic mass is 127. The lowest BCUT2D eigenvalue weighted by atomic mass is 10.0. The zero-order valence-electron chi connectivity index (χ0n) is 11.2. The molecule has 21 heavy (non-hydrogen) atoms. The van der Waals surface area contributed by atoms with Gasteiger partial charge in [0.15, 0.2) is 5.82 Å². The number of anilines is 1. The molecule has 0 aliphatic heterocycles. The van der Waals surface area contributed by atoms with Gasteiger partial charge in [-0.3, -0.25) is 0 Å². The summed E-state index contributed by atoms with van der Waals surface area (Å²) in [5.41, 5.74) is 7.86. The second-order valence-corrected chi connectivity index (χ2v) is 7.16. The van der Waals surface area contributed by atoms with Crippen molar-refractivity contribution in [3.05, 3.63) is 37.5 Å². The van der Waals surface area contributed by atoms with E-state index < -0.39 is 0 Å². The van der Waals surface area contributed by atoms with Crippen LogP contribution in [-0.4, -0.2) is 9.97 Å². The van der Waals surface area contributed by atoms with E-state index in [1.807, 2.05) is 0 Å². The lowest BCUT2D eigenvalue weighted by Crippen LogP contribution is -2.08. The normalized spacial score (nSPS) is 15.6. The van der Waals surface area contributed by atoms with Crippen LogP contribution in [0.15, 0.2) is 18.2 Å². The first-order chi connectivity index (χ1) is 10.1. The summed E-state index contributed by atoms with van der Waals surface area (Å²) in [4.78, 5) is 9.14. The first kappa shape index (κ1) is 15.3. The number of hydrogen-bond donors (Lipinski definition) is 1. The number of benzene rings is 1. The average molecular weight is 434 g/mol. The molecule has 0 radical (unpaired) electrons. The van der Waals surface area contributed by atoms with Crippen LogP contribution in [0.3, 0.4) is 0 Å². The Balaban J connectivity index is 2.13. The van der Waals surface area contributed by atoms with Crippen molar-refractivity contribution in [2.75, 3.05) is 5.73 Å². The molecule has 110 valence electrons. The molecule has 1 aromatic carbocycles. The molecule has 1 saturated carbocycles. The van der Waals surface area contributed by atoms with Crippen molar-refractivity contribution in [1.82, 2.24) is 9.97 Å². The Hall–Kier alpha value is -0.590. The largest absolute Gasteiger partial charge is 0.383 e. The van der Waals surface area contributed by atoms with Crippen molar-refractivity contribution < 1.29 is 0 Å². The third-order valence-electron chi connectivity index (χ3n) is 3.81. The molecule has 2 N–H and O–H groups in total. The molecule has 1 aliphatic rings. The van der Waals surface area contributed by atoms with Crippen LogP contribution in [0.2, 0.25) is 10.0 Å². The number of nitrogen functional groups attached to an aromatic ring is 1. The van der Waals surface area contributed by atoms with Crippen LogP contribution in [0, 0.1) is 3.57 Å². The van der Waals surface area contributed by atoms with Crippen molar-refractivity contribution in [2.24, 2.45) is 0 Å². The van der Waals surface area contributed by atoms with Gasteiger partial charge >= 0.3 is 0 Å². The van der Waals surface area contributed by atoms with Crippen LogP contribution >= 0.6 is 45.8 Å². The van der Waals surface area contributed by atoms with Gasteiger partial charge in [-0.25, -0.2) is 9.97 Å². The van der Waals surface area contributed by atoms with E-state index in [1.165, 1.54) is 12.8 Å². The third kappa shape index (κ3) is 3.12. The maximum Gasteiger partial charge on any atom is 0.163 e. The topological polar surface area (TPSA) is 51.8 Å². The van der Waals surface area contributed by atoms with E-state index in [0.717, 1.165) is 27.7 Å². The molecule has 2 aromatic rings. The highest BCUT2D eigenvalue weighted by Crippen LogP contribution is 2.38. The summed E-state index contributed by atoms with van der Waals surface area (Å²) < 4.78 is 0.960. The SMILES string of the molecule is Nc1nc(-c2cc(Cl)ccc2Cl)nc(C2CCCC2)c1I.